The van der Waals surface area contributed by atoms with E-state index >= 15 is 0 Å². The molecule has 0 aromatic heterocycles. The fourth-order valence-electron chi connectivity index (χ4n) is 4.05. The molecule has 3 rings (SSSR count). The van der Waals surface area contributed by atoms with E-state index in [1.165, 1.54) is 0 Å². The molecule has 3 fully saturated rings. The van der Waals surface area contributed by atoms with Crippen molar-refractivity contribution in [3.05, 3.63) is 0 Å². The van der Waals surface area contributed by atoms with Crippen LogP contribution in [0.3, 0.4) is 0 Å². The highest BCUT2D eigenvalue weighted by Crippen LogP contribution is 2.32. The molecule has 16 heteroatoms. The van der Waals surface area contributed by atoms with Gasteiger partial charge < -0.3 is 79.9 Å². The lowest BCUT2D eigenvalue weighted by molar-refractivity contribution is -0.378. The Kier molecular flexibility index (Phi) is 9.54. The number of aliphatic hydroxyl groups is 11. The summed E-state index contributed by atoms with van der Waals surface area (Å²) in [6.07, 6.45) is -25.4. The van der Waals surface area contributed by atoms with Crippen LogP contribution in [0.25, 0.3) is 0 Å². The second kappa shape index (κ2) is 11.6. The molecule has 0 aromatic rings. The molecule has 11 N–H and O–H groups in total. The van der Waals surface area contributed by atoms with Gasteiger partial charge in [0.15, 0.2) is 18.9 Å². The highest BCUT2D eigenvalue weighted by molar-refractivity contribution is 4.96. The fourth-order valence-corrected chi connectivity index (χ4v) is 4.05. The van der Waals surface area contributed by atoms with Crippen molar-refractivity contribution in [2.45, 2.75) is 92.1 Å². The highest BCUT2D eigenvalue weighted by atomic mass is 16.7. The third-order valence-corrected chi connectivity index (χ3v) is 6.09. The van der Waals surface area contributed by atoms with E-state index in [4.69, 9.17) is 23.7 Å². The Balaban J connectivity index is 1.78. The molecule has 0 saturated carbocycles. The maximum Gasteiger partial charge on any atom is 0.187 e. The topological polar surface area (TPSA) is 269 Å². The summed E-state index contributed by atoms with van der Waals surface area (Å²) in [7, 11) is 0. The van der Waals surface area contributed by atoms with Gasteiger partial charge in [-0.05, 0) is 0 Å². The van der Waals surface area contributed by atoms with Crippen molar-refractivity contribution in [3.8, 4) is 0 Å². The molecule has 3 heterocycles. The molecule has 0 aromatic carbocycles. The number of aliphatic hydroxyl groups excluding tert-OH is 11. The number of hydrogen-bond donors (Lipinski definition) is 11. The van der Waals surface area contributed by atoms with Gasteiger partial charge in [-0.25, -0.2) is 0 Å². The molecule has 3 saturated heterocycles. The molecule has 3 aliphatic heterocycles. The summed E-state index contributed by atoms with van der Waals surface area (Å²) in [5.74, 6) is 0. The lowest BCUT2D eigenvalue weighted by atomic mass is 9.96. The summed E-state index contributed by atoms with van der Waals surface area (Å²) in [5.41, 5.74) is 0. The van der Waals surface area contributed by atoms with E-state index in [9.17, 15) is 56.2 Å². The largest absolute Gasteiger partial charge is 0.394 e. The van der Waals surface area contributed by atoms with Crippen molar-refractivity contribution >= 4 is 0 Å². The van der Waals surface area contributed by atoms with Crippen LogP contribution in [0.4, 0.5) is 0 Å². The quantitative estimate of drug-likeness (QED) is 0.154. The molecule has 0 radical (unpaired) electrons. The van der Waals surface area contributed by atoms with Crippen molar-refractivity contribution < 1.29 is 79.9 Å². The van der Waals surface area contributed by atoms with Crippen LogP contribution < -0.4 is 0 Å². The fraction of sp³-hybridized carbons (Fsp3) is 1.00. The first kappa shape index (κ1) is 27.9. The van der Waals surface area contributed by atoms with Gasteiger partial charge in [0.25, 0.3) is 0 Å². The maximum absolute atomic E-state index is 10.8. The Morgan fingerprint density at radius 3 is 1.50 bits per heavy atom. The van der Waals surface area contributed by atoms with E-state index in [0.717, 1.165) is 0 Å². The molecule has 200 valence electrons. The average molecular weight is 504 g/mol. The summed E-state index contributed by atoms with van der Waals surface area (Å²) in [6.45, 7) is -2.34. The molecule has 0 aliphatic carbocycles. The summed E-state index contributed by atoms with van der Waals surface area (Å²) >= 11 is 0. The molecule has 1 unspecified atom stereocenters. The minimum absolute atomic E-state index is 0.759. The lowest BCUT2D eigenvalue weighted by Crippen LogP contribution is -2.66. The van der Waals surface area contributed by atoms with Gasteiger partial charge in [0.05, 0.1) is 19.8 Å². The SMILES string of the molecule is OC[C@H]1O[C@H](O[C@@H]2[C@H](O)[C@H](O[C@H]3[C@H](O)[C@@H](O)C(O)O[C@@H]3CO)O[C@H](CO)[C@H]2O)[C@@H](O)[C@@H](O)[C@@H]1O. The molecule has 16 nitrogen and oxygen atoms in total. The van der Waals surface area contributed by atoms with Crippen molar-refractivity contribution in [1.82, 2.24) is 0 Å². The Hall–Kier alpha value is -0.640. The van der Waals surface area contributed by atoms with Crippen LogP contribution in [0.5, 0.6) is 0 Å². The molecular weight excluding hydrogens is 472 g/mol. The van der Waals surface area contributed by atoms with Gasteiger partial charge in [0.1, 0.15) is 73.2 Å². The van der Waals surface area contributed by atoms with Crippen LogP contribution in [-0.4, -0.2) is 168 Å². The second-order valence-corrected chi connectivity index (χ2v) is 8.33. The monoisotopic (exact) mass is 504 g/mol. The predicted molar refractivity (Wildman–Crippen MR) is 101 cm³/mol. The Morgan fingerprint density at radius 1 is 0.441 bits per heavy atom. The van der Waals surface area contributed by atoms with Crippen LogP contribution in [0, 0.1) is 0 Å². The third-order valence-electron chi connectivity index (χ3n) is 6.09. The number of hydrogen-bond acceptors (Lipinski definition) is 16. The summed E-state index contributed by atoms with van der Waals surface area (Å²) in [6, 6.07) is 0. The van der Waals surface area contributed by atoms with Crippen molar-refractivity contribution in [2.75, 3.05) is 19.8 Å². The smallest absolute Gasteiger partial charge is 0.187 e. The van der Waals surface area contributed by atoms with Crippen molar-refractivity contribution in [2.24, 2.45) is 0 Å². The van der Waals surface area contributed by atoms with E-state index in [0.29, 0.717) is 0 Å². The molecule has 15 atom stereocenters. The van der Waals surface area contributed by atoms with Crippen LogP contribution in [-0.2, 0) is 23.7 Å². The Bertz CT molecular complexity index is 637. The first-order chi connectivity index (χ1) is 16.0. The van der Waals surface area contributed by atoms with Gasteiger partial charge in [0.2, 0.25) is 0 Å². The molecular formula is C18H32O16. The van der Waals surface area contributed by atoms with Crippen molar-refractivity contribution in [3.63, 3.8) is 0 Å². The van der Waals surface area contributed by atoms with Gasteiger partial charge in [0, 0.05) is 0 Å². The zero-order valence-electron chi connectivity index (χ0n) is 17.7. The van der Waals surface area contributed by atoms with Crippen LogP contribution in [0.2, 0.25) is 0 Å². The standard InChI is InChI=1S/C18H32O16/c19-1-4-7(22)9(24)12(27)17(31-4)34-15-8(23)5(2-20)32-18(13(15)28)33-14-6(3-21)30-16(29)11(26)10(14)25/h4-29H,1-3H2/t4-,5-,6-,7-,8-,9+,10-,11-,12+,13+,14-,15+,16?,17-,18+/m1/s1. The maximum atomic E-state index is 10.8. The summed E-state index contributed by atoms with van der Waals surface area (Å²) < 4.78 is 26.4. The van der Waals surface area contributed by atoms with Gasteiger partial charge in [-0.15, -0.1) is 0 Å². The summed E-state index contributed by atoms with van der Waals surface area (Å²) in [4.78, 5) is 0. The second-order valence-electron chi connectivity index (χ2n) is 8.33. The lowest BCUT2D eigenvalue weighted by Gasteiger charge is -2.47. The Morgan fingerprint density at radius 2 is 0.941 bits per heavy atom. The van der Waals surface area contributed by atoms with Gasteiger partial charge in [-0.1, -0.05) is 0 Å². The zero-order valence-corrected chi connectivity index (χ0v) is 17.7. The predicted octanol–water partition coefficient (Wildman–Crippen LogP) is -7.57. The molecule has 0 spiro atoms. The average Bonchev–Trinajstić information content (AvgIpc) is 2.83. The normalized spacial score (nSPS) is 52.5. The number of rotatable bonds is 7. The highest BCUT2D eigenvalue weighted by Gasteiger charge is 2.53. The van der Waals surface area contributed by atoms with E-state index in [-0.39, 0.29) is 0 Å². The third kappa shape index (κ3) is 5.37. The van der Waals surface area contributed by atoms with E-state index in [1.807, 2.05) is 0 Å². The Labute approximate surface area is 192 Å². The minimum Gasteiger partial charge on any atom is -0.394 e. The van der Waals surface area contributed by atoms with Crippen LogP contribution in [0.15, 0.2) is 0 Å². The van der Waals surface area contributed by atoms with E-state index in [1.54, 1.807) is 0 Å². The van der Waals surface area contributed by atoms with Gasteiger partial charge in [-0.2, -0.15) is 0 Å². The van der Waals surface area contributed by atoms with Crippen LogP contribution >= 0.6 is 0 Å². The first-order valence-corrected chi connectivity index (χ1v) is 10.6. The van der Waals surface area contributed by atoms with Gasteiger partial charge >= 0.3 is 0 Å². The van der Waals surface area contributed by atoms with Gasteiger partial charge in [-0.3, -0.25) is 0 Å². The zero-order chi connectivity index (χ0) is 25.3. The molecule has 0 bridgehead atoms. The molecule has 0 amide bonds. The number of ether oxygens (including phenoxy) is 5. The minimum atomic E-state index is -1.90. The molecule has 34 heavy (non-hydrogen) atoms. The van der Waals surface area contributed by atoms with E-state index < -0.39 is 112 Å². The molecule has 3 aliphatic rings. The summed E-state index contributed by atoms with van der Waals surface area (Å²) in [5, 5.41) is 109. The first-order valence-electron chi connectivity index (χ1n) is 10.6. The van der Waals surface area contributed by atoms with Crippen LogP contribution in [0.1, 0.15) is 0 Å². The van der Waals surface area contributed by atoms with E-state index in [2.05, 4.69) is 0 Å². The van der Waals surface area contributed by atoms with Crippen molar-refractivity contribution in [1.29, 1.82) is 0 Å².